The maximum absolute atomic E-state index is 11.9. The normalized spacial score (nSPS) is 13.8. The van der Waals surface area contributed by atoms with E-state index in [1.807, 2.05) is 21.6 Å². The molecule has 1 fully saturated rings. The van der Waals surface area contributed by atoms with Crippen LogP contribution < -0.4 is 10.6 Å². The molecule has 0 aromatic heterocycles. The highest BCUT2D eigenvalue weighted by atomic mass is 33.1. The number of carbonyl (C=O) groups is 2. The SMILES string of the molecule is C#CCNC(=O)CCCCCOCCOCCOCCOCCOCCOCCOCCOCCOCCOCCOCCOCCNC(=O)CCCC[C@@H]1CCSS1. The van der Waals surface area contributed by atoms with Crippen LogP contribution >= 0.6 is 21.6 Å². The van der Waals surface area contributed by atoms with Gasteiger partial charge in [-0.1, -0.05) is 40.3 Å². The predicted molar refractivity (Wildman–Crippen MR) is 230 cm³/mol. The molecule has 2 amide bonds. The summed E-state index contributed by atoms with van der Waals surface area (Å²) >= 11 is 0. The van der Waals surface area contributed by atoms with Gasteiger partial charge in [-0.2, -0.15) is 0 Å². The van der Waals surface area contributed by atoms with Gasteiger partial charge in [-0.05, 0) is 32.1 Å². The number of hydrogen-bond acceptors (Lipinski definition) is 16. The van der Waals surface area contributed by atoms with Gasteiger partial charge in [0, 0.05) is 37.0 Å². The van der Waals surface area contributed by atoms with Crippen molar-refractivity contribution in [2.45, 2.75) is 63.0 Å². The fourth-order valence-corrected chi connectivity index (χ4v) is 8.03. The Kier molecular flexibility index (Phi) is 45.1. The Morgan fingerprint density at radius 2 is 0.814 bits per heavy atom. The van der Waals surface area contributed by atoms with E-state index in [0.717, 1.165) is 37.4 Å². The Bertz CT molecular complexity index is 950. The summed E-state index contributed by atoms with van der Waals surface area (Å²) in [5.74, 6) is 3.75. The standard InChI is InChI=1S/C41H76N2O14S2/c1-2-12-42-40(44)9-4-3-7-14-46-16-18-48-20-22-50-24-26-52-28-30-54-32-34-56-36-37-57-35-33-55-31-29-53-27-25-51-23-21-49-19-17-47-15-13-43-41(45)10-6-5-8-39-11-38-58-59-39/h1,39H,3-38H2,(H,42,44)(H,43,45)/t39-/m1/s1. The average Bonchev–Trinajstić information content (AvgIpc) is 3.77. The lowest BCUT2D eigenvalue weighted by atomic mass is 10.1. The Morgan fingerprint density at radius 3 is 1.19 bits per heavy atom. The molecule has 0 bridgehead atoms. The molecule has 18 heteroatoms. The Hall–Kier alpha value is -1.28. The third kappa shape index (κ3) is 44.6. The quantitative estimate of drug-likeness (QED) is 0.0518. The lowest BCUT2D eigenvalue weighted by Crippen LogP contribution is -2.27. The highest BCUT2D eigenvalue weighted by molar-refractivity contribution is 8.77. The third-order valence-corrected chi connectivity index (χ3v) is 11.2. The number of hydrogen-bond donors (Lipinski definition) is 2. The molecule has 0 unspecified atom stereocenters. The first-order chi connectivity index (χ1) is 29.2. The number of rotatable bonds is 48. The minimum atomic E-state index is -0.00338. The van der Waals surface area contributed by atoms with Crippen LogP contribution in [0.2, 0.25) is 0 Å². The van der Waals surface area contributed by atoms with Gasteiger partial charge in [0.25, 0.3) is 0 Å². The van der Waals surface area contributed by atoms with Gasteiger partial charge < -0.3 is 67.5 Å². The average molecular weight is 885 g/mol. The van der Waals surface area contributed by atoms with Gasteiger partial charge in [-0.15, -0.1) is 6.42 Å². The molecule has 1 rings (SSSR count). The molecule has 0 spiro atoms. The van der Waals surface area contributed by atoms with Crippen molar-refractivity contribution in [3.8, 4) is 12.3 Å². The summed E-state index contributed by atoms with van der Waals surface area (Å²) in [5, 5.41) is 6.35. The molecule has 1 aliphatic heterocycles. The minimum absolute atomic E-state index is 0.00338. The molecular weight excluding hydrogens is 809 g/mol. The van der Waals surface area contributed by atoms with Crippen molar-refractivity contribution in [3.63, 3.8) is 0 Å². The number of carbonyl (C=O) groups excluding carboxylic acids is 2. The monoisotopic (exact) mass is 884 g/mol. The molecule has 0 aromatic carbocycles. The Labute approximate surface area is 362 Å². The van der Waals surface area contributed by atoms with Crippen molar-refractivity contribution in [3.05, 3.63) is 0 Å². The molecule has 0 aromatic rings. The largest absolute Gasteiger partial charge is 0.379 e. The maximum atomic E-state index is 11.9. The first kappa shape index (κ1) is 55.7. The summed E-state index contributed by atoms with van der Waals surface area (Å²) in [4.78, 5) is 23.3. The molecule has 1 heterocycles. The second-order valence-electron chi connectivity index (χ2n) is 13.1. The number of ether oxygens (including phenoxy) is 12. The van der Waals surface area contributed by atoms with Crippen LogP contribution in [0.3, 0.4) is 0 Å². The second-order valence-corrected chi connectivity index (χ2v) is 15.9. The van der Waals surface area contributed by atoms with Crippen LogP contribution in [0.15, 0.2) is 0 Å². The number of terminal acetylenes is 1. The molecule has 59 heavy (non-hydrogen) atoms. The van der Waals surface area contributed by atoms with Gasteiger partial charge in [0.05, 0.1) is 159 Å². The minimum Gasteiger partial charge on any atom is -0.379 e. The summed E-state index contributed by atoms with van der Waals surface area (Å²) in [7, 11) is 3.97. The molecule has 1 aliphatic rings. The topological polar surface area (TPSA) is 169 Å². The summed E-state index contributed by atoms with van der Waals surface area (Å²) in [6, 6.07) is 0. The molecule has 1 atom stereocenters. The summed E-state index contributed by atoms with van der Waals surface area (Å²) in [6.07, 6.45) is 13.5. The molecule has 346 valence electrons. The van der Waals surface area contributed by atoms with Crippen LogP contribution in [0.4, 0.5) is 0 Å². The van der Waals surface area contributed by atoms with Gasteiger partial charge in [-0.3, -0.25) is 9.59 Å². The molecule has 0 saturated carbocycles. The highest BCUT2D eigenvalue weighted by Gasteiger charge is 2.15. The van der Waals surface area contributed by atoms with E-state index in [9.17, 15) is 9.59 Å². The van der Waals surface area contributed by atoms with Crippen molar-refractivity contribution in [1.29, 1.82) is 0 Å². The van der Waals surface area contributed by atoms with Crippen LogP contribution in [-0.2, 0) is 66.4 Å². The second kappa shape index (κ2) is 47.8. The van der Waals surface area contributed by atoms with Crippen molar-refractivity contribution in [2.75, 3.05) is 177 Å². The number of amides is 2. The predicted octanol–water partition coefficient (Wildman–Crippen LogP) is 3.33. The lowest BCUT2D eigenvalue weighted by Gasteiger charge is -2.09. The van der Waals surface area contributed by atoms with Crippen molar-refractivity contribution >= 4 is 33.4 Å². The van der Waals surface area contributed by atoms with E-state index >= 15 is 0 Å². The first-order valence-corrected chi connectivity index (χ1v) is 23.8. The molecule has 0 aliphatic carbocycles. The van der Waals surface area contributed by atoms with Gasteiger partial charge in [-0.25, -0.2) is 0 Å². The van der Waals surface area contributed by atoms with E-state index in [2.05, 4.69) is 16.6 Å². The van der Waals surface area contributed by atoms with E-state index < -0.39 is 0 Å². The van der Waals surface area contributed by atoms with Crippen LogP contribution in [0.5, 0.6) is 0 Å². The highest BCUT2D eigenvalue weighted by Crippen LogP contribution is 2.39. The molecule has 16 nitrogen and oxygen atoms in total. The number of unbranched alkanes of at least 4 members (excludes halogenated alkanes) is 3. The molecule has 0 radical (unpaired) electrons. The lowest BCUT2D eigenvalue weighted by molar-refractivity contribution is -0.122. The van der Waals surface area contributed by atoms with E-state index in [1.54, 1.807) is 0 Å². The smallest absolute Gasteiger partial charge is 0.220 e. The van der Waals surface area contributed by atoms with Crippen LogP contribution in [0.1, 0.15) is 57.8 Å². The van der Waals surface area contributed by atoms with Crippen LogP contribution in [-0.4, -0.2) is 194 Å². The van der Waals surface area contributed by atoms with Crippen LogP contribution in [0.25, 0.3) is 0 Å². The van der Waals surface area contributed by atoms with Gasteiger partial charge in [0.1, 0.15) is 0 Å². The Morgan fingerprint density at radius 1 is 0.458 bits per heavy atom. The zero-order valence-electron chi connectivity index (χ0n) is 35.6. The van der Waals surface area contributed by atoms with Gasteiger partial charge >= 0.3 is 0 Å². The van der Waals surface area contributed by atoms with Crippen LogP contribution in [0, 0.1) is 12.3 Å². The summed E-state index contributed by atoms with van der Waals surface area (Å²) in [5.41, 5.74) is 0. The van der Waals surface area contributed by atoms with Crippen molar-refractivity contribution < 1.29 is 66.4 Å². The van der Waals surface area contributed by atoms with Gasteiger partial charge in [0.15, 0.2) is 0 Å². The fraction of sp³-hybridized carbons (Fsp3) is 0.902. The summed E-state index contributed by atoms with van der Waals surface area (Å²) in [6.45, 7) is 12.9. The zero-order chi connectivity index (χ0) is 42.2. The Balaban J connectivity index is 1.61. The number of nitrogens with one attached hydrogen (secondary N) is 2. The van der Waals surface area contributed by atoms with Crippen molar-refractivity contribution in [2.24, 2.45) is 0 Å². The molecule has 2 N–H and O–H groups in total. The first-order valence-electron chi connectivity index (χ1n) is 21.4. The summed E-state index contributed by atoms with van der Waals surface area (Å²) < 4.78 is 66.0. The zero-order valence-corrected chi connectivity index (χ0v) is 37.3. The third-order valence-electron chi connectivity index (χ3n) is 8.15. The molecular formula is C41H76N2O14S2. The van der Waals surface area contributed by atoms with E-state index in [4.69, 9.17) is 63.3 Å². The van der Waals surface area contributed by atoms with E-state index in [1.165, 1.54) is 18.6 Å². The van der Waals surface area contributed by atoms with E-state index in [-0.39, 0.29) is 18.4 Å². The molecule has 1 saturated heterocycles. The van der Waals surface area contributed by atoms with Crippen molar-refractivity contribution in [1.82, 2.24) is 10.6 Å². The fourth-order valence-electron chi connectivity index (χ4n) is 5.00. The van der Waals surface area contributed by atoms with Gasteiger partial charge in [0.2, 0.25) is 11.8 Å². The van der Waals surface area contributed by atoms with E-state index in [0.29, 0.717) is 178 Å². The maximum Gasteiger partial charge on any atom is 0.220 e.